The van der Waals surface area contributed by atoms with E-state index in [1.165, 1.54) is 11.1 Å². The van der Waals surface area contributed by atoms with E-state index < -0.39 is 0 Å². The molecule has 1 aromatic rings. The highest BCUT2D eigenvalue weighted by atomic mass is 127. The Labute approximate surface area is 186 Å². The Morgan fingerprint density at radius 2 is 1.82 bits per heavy atom. The molecule has 0 bridgehead atoms. The predicted octanol–water partition coefficient (Wildman–Crippen LogP) is 2.74. The first-order valence-electron chi connectivity index (χ1n) is 9.65. The third kappa shape index (κ3) is 7.24. The second-order valence-corrected chi connectivity index (χ2v) is 8.29. The molecule has 1 aliphatic heterocycles. The lowest BCUT2D eigenvalue weighted by molar-refractivity contribution is -0.121. The first-order chi connectivity index (χ1) is 12.8. The number of rotatable bonds is 5. The molecular weight excluding hydrogens is 467 g/mol. The molecule has 0 spiro atoms. The van der Waals surface area contributed by atoms with Crippen molar-refractivity contribution in [1.29, 1.82) is 0 Å². The molecule has 1 amide bonds. The summed E-state index contributed by atoms with van der Waals surface area (Å²) >= 11 is 0. The first kappa shape index (κ1) is 24.7. The SMILES string of the molecule is CN=C(NCC(=O)NC(C)(C)C)NCC1(c2ccccc2C)CCOCC1.I. The average Bonchev–Trinajstić information content (AvgIpc) is 2.61. The number of hydrogen-bond donors (Lipinski definition) is 3. The molecule has 3 N–H and O–H groups in total. The fraction of sp³-hybridized carbons (Fsp3) is 0.619. The molecule has 0 unspecified atom stereocenters. The number of benzene rings is 1. The van der Waals surface area contributed by atoms with Crippen LogP contribution >= 0.6 is 24.0 Å². The van der Waals surface area contributed by atoms with E-state index in [-0.39, 0.29) is 47.4 Å². The zero-order chi connectivity index (χ0) is 19.9. The molecule has 0 aliphatic carbocycles. The summed E-state index contributed by atoms with van der Waals surface area (Å²) in [6, 6.07) is 8.56. The third-order valence-corrected chi connectivity index (χ3v) is 4.91. The number of amides is 1. The molecule has 1 saturated heterocycles. The van der Waals surface area contributed by atoms with Gasteiger partial charge < -0.3 is 20.7 Å². The number of hydrogen-bond acceptors (Lipinski definition) is 3. The predicted molar refractivity (Wildman–Crippen MR) is 126 cm³/mol. The summed E-state index contributed by atoms with van der Waals surface area (Å²) in [5.41, 5.74) is 2.43. The normalized spacial score (nSPS) is 16.7. The van der Waals surface area contributed by atoms with Gasteiger partial charge in [0, 0.05) is 37.8 Å². The Kier molecular flexibility index (Phi) is 9.69. The van der Waals surface area contributed by atoms with Gasteiger partial charge >= 0.3 is 0 Å². The summed E-state index contributed by atoms with van der Waals surface area (Å²) in [7, 11) is 1.72. The summed E-state index contributed by atoms with van der Waals surface area (Å²) in [4.78, 5) is 16.3. The van der Waals surface area contributed by atoms with E-state index in [2.05, 4.69) is 52.1 Å². The van der Waals surface area contributed by atoms with Crippen LogP contribution in [-0.2, 0) is 14.9 Å². The zero-order valence-electron chi connectivity index (χ0n) is 17.7. The molecular formula is C21H35IN4O2. The van der Waals surface area contributed by atoms with Crippen molar-refractivity contribution in [3.8, 4) is 0 Å². The van der Waals surface area contributed by atoms with Gasteiger partial charge in [-0.15, -0.1) is 24.0 Å². The van der Waals surface area contributed by atoms with Crippen LogP contribution in [0.3, 0.4) is 0 Å². The Morgan fingerprint density at radius 1 is 1.18 bits per heavy atom. The Bertz CT molecular complexity index is 665. The highest BCUT2D eigenvalue weighted by molar-refractivity contribution is 14.0. The van der Waals surface area contributed by atoms with Crippen LogP contribution < -0.4 is 16.0 Å². The second kappa shape index (κ2) is 11.0. The summed E-state index contributed by atoms with van der Waals surface area (Å²) in [6.07, 6.45) is 1.93. The van der Waals surface area contributed by atoms with E-state index in [1.807, 2.05) is 20.8 Å². The molecule has 1 aromatic carbocycles. The van der Waals surface area contributed by atoms with Gasteiger partial charge in [-0.25, -0.2) is 0 Å². The van der Waals surface area contributed by atoms with Crippen molar-refractivity contribution in [2.45, 2.75) is 51.5 Å². The average molecular weight is 502 g/mol. The molecule has 1 heterocycles. The zero-order valence-corrected chi connectivity index (χ0v) is 20.1. The number of aliphatic imine (C=N–C) groups is 1. The molecule has 7 heteroatoms. The number of nitrogens with zero attached hydrogens (tertiary/aromatic N) is 1. The number of carbonyl (C=O) groups excluding carboxylic acids is 1. The van der Waals surface area contributed by atoms with Crippen LogP contribution in [0.1, 0.15) is 44.7 Å². The van der Waals surface area contributed by atoms with Gasteiger partial charge in [-0.2, -0.15) is 0 Å². The van der Waals surface area contributed by atoms with E-state index in [1.54, 1.807) is 7.05 Å². The van der Waals surface area contributed by atoms with Gasteiger partial charge in [-0.05, 0) is 51.7 Å². The van der Waals surface area contributed by atoms with Crippen molar-refractivity contribution < 1.29 is 9.53 Å². The quantitative estimate of drug-likeness (QED) is 0.329. The van der Waals surface area contributed by atoms with E-state index in [9.17, 15) is 4.79 Å². The minimum Gasteiger partial charge on any atom is -0.381 e. The van der Waals surface area contributed by atoms with Crippen molar-refractivity contribution in [2.75, 3.05) is 33.4 Å². The third-order valence-electron chi connectivity index (χ3n) is 4.91. The fourth-order valence-corrected chi connectivity index (χ4v) is 3.57. The molecule has 6 nitrogen and oxygen atoms in total. The van der Waals surface area contributed by atoms with Crippen molar-refractivity contribution in [3.63, 3.8) is 0 Å². The second-order valence-electron chi connectivity index (χ2n) is 8.29. The van der Waals surface area contributed by atoms with Gasteiger partial charge in [0.15, 0.2) is 5.96 Å². The summed E-state index contributed by atoms with van der Waals surface area (Å²) in [5.74, 6) is 0.587. The van der Waals surface area contributed by atoms with Crippen molar-refractivity contribution >= 4 is 35.8 Å². The molecule has 0 saturated carbocycles. The Morgan fingerprint density at radius 3 is 2.39 bits per heavy atom. The monoisotopic (exact) mass is 502 g/mol. The van der Waals surface area contributed by atoms with Gasteiger partial charge in [-0.1, -0.05) is 24.3 Å². The van der Waals surface area contributed by atoms with Crippen LogP contribution in [0.25, 0.3) is 0 Å². The minimum absolute atomic E-state index is 0. The number of carbonyl (C=O) groups is 1. The maximum Gasteiger partial charge on any atom is 0.239 e. The van der Waals surface area contributed by atoms with E-state index >= 15 is 0 Å². The molecule has 1 fully saturated rings. The van der Waals surface area contributed by atoms with Gasteiger partial charge in [0.2, 0.25) is 5.91 Å². The topological polar surface area (TPSA) is 74.8 Å². The summed E-state index contributed by atoms with van der Waals surface area (Å²) in [6.45, 7) is 10.5. The first-order valence-corrected chi connectivity index (χ1v) is 9.65. The molecule has 0 radical (unpaired) electrons. The lowest BCUT2D eigenvalue weighted by Crippen LogP contribution is -2.51. The minimum atomic E-state index is -0.243. The van der Waals surface area contributed by atoms with Gasteiger partial charge in [-0.3, -0.25) is 9.79 Å². The number of ether oxygens (including phenoxy) is 1. The van der Waals surface area contributed by atoms with Crippen molar-refractivity contribution in [3.05, 3.63) is 35.4 Å². The maximum atomic E-state index is 12.0. The van der Waals surface area contributed by atoms with E-state index in [4.69, 9.17) is 4.74 Å². The standard InChI is InChI=1S/C21H34N4O2.HI/c1-16-8-6-7-9-17(16)21(10-12-27-13-11-21)15-24-19(22-5)23-14-18(26)25-20(2,3)4;/h6-9H,10-15H2,1-5H3,(H,25,26)(H2,22,23,24);1H. The van der Waals surface area contributed by atoms with Crippen LogP contribution in [0, 0.1) is 6.92 Å². The van der Waals surface area contributed by atoms with E-state index in [0.29, 0.717) is 5.96 Å². The van der Waals surface area contributed by atoms with Gasteiger partial charge in [0.05, 0.1) is 6.54 Å². The number of guanidine groups is 1. The van der Waals surface area contributed by atoms with Gasteiger partial charge in [0.25, 0.3) is 0 Å². The van der Waals surface area contributed by atoms with Gasteiger partial charge in [0.1, 0.15) is 0 Å². The summed E-state index contributed by atoms with van der Waals surface area (Å²) in [5, 5.41) is 9.48. The smallest absolute Gasteiger partial charge is 0.239 e. The molecule has 0 atom stereocenters. The largest absolute Gasteiger partial charge is 0.381 e. The number of halogens is 1. The van der Waals surface area contributed by atoms with Crippen molar-refractivity contribution in [2.24, 2.45) is 4.99 Å². The molecule has 1 aliphatic rings. The number of nitrogens with one attached hydrogen (secondary N) is 3. The highest BCUT2D eigenvalue weighted by Crippen LogP contribution is 2.36. The van der Waals surface area contributed by atoms with Crippen molar-refractivity contribution in [1.82, 2.24) is 16.0 Å². The van der Waals surface area contributed by atoms with Crippen LogP contribution in [-0.4, -0.2) is 50.8 Å². The fourth-order valence-electron chi connectivity index (χ4n) is 3.57. The molecule has 2 rings (SSSR count). The Hall–Kier alpha value is -1.35. The maximum absolute atomic E-state index is 12.0. The lowest BCUT2D eigenvalue weighted by Gasteiger charge is -2.39. The highest BCUT2D eigenvalue weighted by Gasteiger charge is 2.35. The van der Waals surface area contributed by atoms with Crippen LogP contribution in [0.2, 0.25) is 0 Å². The molecule has 28 heavy (non-hydrogen) atoms. The molecule has 0 aromatic heterocycles. The molecule has 158 valence electrons. The lowest BCUT2D eigenvalue weighted by atomic mass is 9.72. The summed E-state index contributed by atoms with van der Waals surface area (Å²) < 4.78 is 5.62. The van der Waals surface area contributed by atoms with Crippen LogP contribution in [0.4, 0.5) is 0 Å². The van der Waals surface area contributed by atoms with Crippen LogP contribution in [0.5, 0.6) is 0 Å². The Balaban J connectivity index is 0.00000392. The number of aryl methyl sites for hydroxylation is 1. The van der Waals surface area contributed by atoms with E-state index in [0.717, 1.165) is 32.6 Å². The van der Waals surface area contributed by atoms with Crippen LogP contribution in [0.15, 0.2) is 29.3 Å².